The lowest BCUT2D eigenvalue weighted by atomic mass is 9.98. The van der Waals surface area contributed by atoms with Crippen LogP contribution in [0, 0.1) is 19.8 Å². The predicted molar refractivity (Wildman–Crippen MR) is 120 cm³/mol. The van der Waals surface area contributed by atoms with Gasteiger partial charge in [0.05, 0.1) is 12.8 Å². The van der Waals surface area contributed by atoms with Crippen LogP contribution in [0.15, 0.2) is 36.4 Å². The molecule has 1 aromatic heterocycles. The Kier molecular flexibility index (Phi) is 7.30. The average molecular weight is 447 g/mol. The van der Waals surface area contributed by atoms with Crippen LogP contribution >= 0.6 is 0 Å². The summed E-state index contributed by atoms with van der Waals surface area (Å²) in [7, 11) is -3.22. The molecule has 168 valence electrons. The maximum Gasteiger partial charge on any atom is 0.270 e. The smallest absolute Gasteiger partial charge is 0.270 e. The van der Waals surface area contributed by atoms with E-state index in [2.05, 4.69) is 15.0 Å². The number of carbonyl (C=O) groups excluding carboxylic acids is 2. The van der Waals surface area contributed by atoms with Gasteiger partial charge < -0.3 is 0 Å². The number of benzene rings is 1. The fourth-order valence-corrected chi connectivity index (χ4v) is 4.53. The first-order valence-electron chi connectivity index (χ1n) is 10.4. The van der Waals surface area contributed by atoms with Crippen molar-refractivity contribution >= 4 is 21.7 Å². The Morgan fingerprint density at radius 1 is 1.16 bits per heavy atom. The Morgan fingerprint density at radius 2 is 1.87 bits per heavy atom. The summed E-state index contributed by atoms with van der Waals surface area (Å²) in [4.78, 5) is 27.6. The van der Waals surface area contributed by atoms with Gasteiger partial charge in [0.15, 0.2) is 5.78 Å². The second-order valence-corrected chi connectivity index (χ2v) is 10.0. The lowest BCUT2D eigenvalue weighted by Gasteiger charge is -2.32. The van der Waals surface area contributed by atoms with Crippen molar-refractivity contribution < 1.29 is 18.0 Å². The van der Waals surface area contributed by atoms with Gasteiger partial charge in [-0.25, -0.2) is 13.1 Å². The Morgan fingerprint density at radius 3 is 2.55 bits per heavy atom. The largest absolute Gasteiger partial charge is 0.295 e. The number of nitrogens with zero attached hydrogens (tertiary/aromatic N) is 2. The molecular formula is C22H30N4O4S. The fourth-order valence-electron chi connectivity index (χ4n) is 3.99. The number of likely N-dealkylation sites (tertiary alicyclic amines) is 1. The maximum absolute atomic E-state index is 13.0. The topological polar surface area (TPSA) is 101 Å². The molecule has 1 amide bonds. The van der Waals surface area contributed by atoms with Crippen LogP contribution in [-0.4, -0.2) is 62.1 Å². The predicted octanol–water partition coefficient (Wildman–Crippen LogP) is 1.93. The highest BCUT2D eigenvalue weighted by molar-refractivity contribution is 7.88. The van der Waals surface area contributed by atoms with E-state index in [9.17, 15) is 18.0 Å². The molecule has 0 radical (unpaired) electrons. The van der Waals surface area contributed by atoms with Gasteiger partial charge >= 0.3 is 0 Å². The third-order valence-corrected chi connectivity index (χ3v) is 6.28. The molecule has 2 heterocycles. The van der Waals surface area contributed by atoms with Gasteiger partial charge in [-0.1, -0.05) is 18.2 Å². The van der Waals surface area contributed by atoms with Crippen LogP contribution in [0.5, 0.6) is 0 Å². The van der Waals surface area contributed by atoms with Gasteiger partial charge in [-0.05, 0) is 57.4 Å². The van der Waals surface area contributed by atoms with Crippen molar-refractivity contribution in [3.05, 3.63) is 58.9 Å². The molecular weight excluding hydrogens is 416 g/mol. The van der Waals surface area contributed by atoms with E-state index in [0.29, 0.717) is 29.9 Å². The Hall–Kier alpha value is -2.49. The minimum absolute atomic E-state index is 0.00923. The van der Waals surface area contributed by atoms with Crippen molar-refractivity contribution in [3.8, 4) is 0 Å². The van der Waals surface area contributed by atoms with Gasteiger partial charge in [-0.3, -0.25) is 24.6 Å². The molecule has 0 bridgehead atoms. The number of Topliss-reactive ketones (excluding diaryl/α,β-unsaturated/α-hetero) is 1. The van der Waals surface area contributed by atoms with E-state index in [1.807, 2.05) is 19.9 Å². The number of rotatable bonds is 8. The van der Waals surface area contributed by atoms with Crippen molar-refractivity contribution in [1.29, 1.82) is 0 Å². The van der Waals surface area contributed by atoms with E-state index >= 15 is 0 Å². The standard InChI is InChI=1S/C22H30N4O4S/c1-16-12-20(17(2)26(16)24-22(28)19-9-5-4-6-10-19)21(27)15-25-11-7-8-18(14-25)13-23-31(3,29)30/h4-6,9-10,12,18,23H,7-8,11,13-15H2,1-3H3,(H,24,28). The fraction of sp³-hybridized carbons (Fsp3) is 0.455. The number of nitrogens with one attached hydrogen (secondary N) is 2. The lowest BCUT2D eigenvalue weighted by Crippen LogP contribution is -2.42. The van der Waals surface area contributed by atoms with E-state index in [0.717, 1.165) is 31.3 Å². The molecule has 9 heteroatoms. The summed E-state index contributed by atoms with van der Waals surface area (Å²) in [5, 5.41) is 0. The molecule has 2 aromatic rings. The number of ketones is 1. The number of carbonyl (C=O) groups is 2. The Balaban J connectivity index is 1.64. The van der Waals surface area contributed by atoms with E-state index in [1.54, 1.807) is 35.0 Å². The van der Waals surface area contributed by atoms with Gasteiger partial charge in [-0.2, -0.15) is 0 Å². The van der Waals surface area contributed by atoms with Crippen molar-refractivity contribution in [3.63, 3.8) is 0 Å². The molecule has 1 saturated heterocycles. The first-order valence-corrected chi connectivity index (χ1v) is 12.3. The van der Waals surface area contributed by atoms with Crippen LogP contribution < -0.4 is 10.1 Å². The zero-order valence-electron chi connectivity index (χ0n) is 18.2. The van der Waals surface area contributed by atoms with Crippen LogP contribution in [0.3, 0.4) is 0 Å². The number of piperidine rings is 1. The van der Waals surface area contributed by atoms with E-state index in [1.165, 1.54) is 0 Å². The number of amides is 1. The summed E-state index contributed by atoms with van der Waals surface area (Å²) in [6.07, 6.45) is 3.02. The van der Waals surface area contributed by atoms with Crippen LogP contribution in [0.1, 0.15) is 44.9 Å². The minimum Gasteiger partial charge on any atom is -0.295 e. The van der Waals surface area contributed by atoms with Gasteiger partial charge in [0.25, 0.3) is 5.91 Å². The number of hydrogen-bond donors (Lipinski definition) is 2. The molecule has 8 nitrogen and oxygen atoms in total. The third-order valence-electron chi connectivity index (χ3n) is 5.59. The monoisotopic (exact) mass is 446 g/mol. The van der Waals surface area contributed by atoms with Crippen molar-refractivity contribution in [1.82, 2.24) is 14.3 Å². The van der Waals surface area contributed by atoms with E-state index < -0.39 is 10.0 Å². The number of aryl methyl sites for hydroxylation is 1. The first-order chi connectivity index (χ1) is 14.6. The van der Waals surface area contributed by atoms with Crippen molar-refractivity contribution in [2.75, 3.05) is 37.9 Å². The first kappa shape index (κ1) is 23.2. The molecule has 2 N–H and O–H groups in total. The quantitative estimate of drug-likeness (QED) is 0.604. The van der Waals surface area contributed by atoms with Crippen molar-refractivity contribution in [2.45, 2.75) is 26.7 Å². The Bertz CT molecular complexity index is 1050. The summed E-state index contributed by atoms with van der Waals surface area (Å²) >= 11 is 0. The SMILES string of the molecule is Cc1cc(C(=O)CN2CCCC(CNS(C)(=O)=O)C2)c(C)n1NC(=O)c1ccccc1. The van der Waals surface area contributed by atoms with Crippen molar-refractivity contribution in [2.24, 2.45) is 5.92 Å². The van der Waals surface area contributed by atoms with Gasteiger partial charge in [0, 0.05) is 35.6 Å². The van der Waals surface area contributed by atoms with Gasteiger partial charge in [0.2, 0.25) is 10.0 Å². The second kappa shape index (κ2) is 9.76. The number of hydrogen-bond acceptors (Lipinski definition) is 5. The molecule has 3 rings (SSSR count). The summed E-state index contributed by atoms with van der Waals surface area (Å²) in [6.45, 7) is 5.82. The van der Waals surface area contributed by atoms with E-state index in [-0.39, 0.29) is 24.2 Å². The zero-order valence-corrected chi connectivity index (χ0v) is 19.0. The van der Waals surface area contributed by atoms with Crippen LogP contribution in [0.4, 0.5) is 0 Å². The van der Waals surface area contributed by atoms with Crippen LogP contribution in [-0.2, 0) is 10.0 Å². The highest BCUT2D eigenvalue weighted by atomic mass is 32.2. The molecule has 31 heavy (non-hydrogen) atoms. The number of aromatic nitrogens is 1. The molecule has 1 aromatic carbocycles. The molecule has 1 unspecified atom stereocenters. The molecule has 1 aliphatic heterocycles. The number of sulfonamides is 1. The highest BCUT2D eigenvalue weighted by Crippen LogP contribution is 2.19. The molecule has 1 fully saturated rings. The highest BCUT2D eigenvalue weighted by Gasteiger charge is 2.24. The molecule has 1 atom stereocenters. The normalized spacial score (nSPS) is 17.5. The van der Waals surface area contributed by atoms with Crippen LogP contribution in [0.2, 0.25) is 0 Å². The summed E-state index contributed by atoms with van der Waals surface area (Å²) in [5.41, 5.74) is 5.46. The summed E-state index contributed by atoms with van der Waals surface area (Å²) in [6, 6.07) is 10.7. The van der Waals surface area contributed by atoms with Gasteiger partial charge in [-0.15, -0.1) is 0 Å². The van der Waals surface area contributed by atoms with E-state index in [4.69, 9.17) is 0 Å². The summed E-state index contributed by atoms with van der Waals surface area (Å²) in [5.74, 6) is -0.0578. The zero-order chi connectivity index (χ0) is 22.6. The third kappa shape index (κ3) is 6.25. The second-order valence-electron chi connectivity index (χ2n) is 8.21. The molecule has 0 aliphatic carbocycles. The molecule has 1 aliphatic rings. The minimum atomic E-state index is -3.22. The average Bonchev–Trinajstić information content (AvgIpc) is 3.01. The molecule has 0 spiro atoms. The van der Waals surface area contributed by atoms with Gasteiger partial charge in [0.1, 0.15) is 0 Å². The Labute approximate surface area is 183 Å². The van der Waals surface area contributed by atoms with Crippen LogP contribution in [0.25, 0.3) is 0 Å². The lowest BCUT2D eigenvalue weighted by molar-refractivity contribution is 0.0886. The summed E-state index contributed by atoms with van der Waals surface area (Å²) < 4.78 is 26.9. The maximum atomic E-state index is 13.0. The molecule has 0 saturated carbocycles.